The zero-order valence-corrected chi connectivity index (χ0v) is 15.0. The van der Waals surface area contributed by atoms with E-state index in [4.69, 9.17) is 4.74 Å². The average Bonchev–Trinajstić information content (AvgIpc) is 2.57. The topological polar surface area (TPSA) is 58.6 Å². The molecule has 2 aromatic rings. The fraction of sp³-hybridized carbons (Fsp3) is 0.235. The molecule has 0 bridgehead atoms. The summed E-state index contributed by atoms with van der Waals surface area (Å²) in [6.07, 6.45) is -5.51. The van der Waals surface area contributed by atoms with E-state index < -0.39 is 17.8 Å². The molecule has 8 heteroatoms. The van der Waals surface area contributed by atoms with Crippen LogP contribution in [0, 0.1) is 3.57 Å². The van der Waals surface area contributed by atoms with Crippen LogP contribution in [0.25, 0.3) is 0 Å². The van der Waals surface area contributed by atoms with Gasteiger partial charge in [0.15, 0.2) is 0 Å². The first-order valence-corrected chi connectivity index (χ1v) is 8.35. The second-order valence-electron chi connectivity index (χ2n) is 5.21. The first-order valence-electron chi connectivity index (χ1n) is 7.27. The van der Waals surface area contributed by atoms with E-state index >= 15 is 0 Å². The number of benzene rings is 2. The molecule has 0 aliphatic rings. The predicted octanol–water partition coefficient (Wildman–Crippen LogP) is 3.48. The summed E-state index contributed by atoms with van der Waals surface area (Å²) in [4.78, 5) is 11.9. The Labute approximate surface area is 156 Å². The number of alkyl halides is 3. The summed E-state index contributed by atoms with van der Waals surface area (Å²) in [5, 5.41) is 12.4. The minimum atomic E-state index is -4.46. The van der Waals surface area contributed by atoms with E-state index in [1.54, 1.807) is 18.2 Å². The van der Waals surface area contributed by atoms with Crippen molar-refractivity contribution in [3.63, 3.8) is 0 Å². The van der Waals surface area contributed by atoms with Crippen LogP contribution >= 0.6 is 22.6 Å². The van der Waals surface area contributed by atoms with Crippen LogP contribution in [0.4, 0.5) is 13.2 Å². The summed E-state index contributed by atoms with van der Waals surface area (Å²) in [7, 11) is 0. The van der Waals surface area contributed by atoms with E-state index in [9.17, 15) is 23.1 Å². The molecular weight excluding hydrogens is 450 g/mol. The van der Waals surface area contributed by atoms with Crippen molar-refractivity contribution in [3.8, 4) is 5.75 Å². The van der Waals surface area contributed by atoms with Gasteiger partial charge in [-0.3, -0.25) is 4.79 Å². The molecule has 134 valence electrons. The minimum Gasteiger partial charge on any atom is -0.491 e. The number of aliphatic hydroxyl groups excluding tert-OH is 1. The quantitative estimate of drug-likeness (QED) is 0.643. The molecule has 2 aromatic carbocycles. The van der Waals surface area contributed by atoms with Gasteiger partial charge in [0.1, 0.15) is 18.5 Å². The van der Waals surface area contributed by atoms with Gasteiger partial charge in [0.05, 0.1) is 5.56 Å². The molecule has 2 N–H and O–H groups in total. The van der Waals surface area contributed by atoms with Crippen LogP contribution in [-0.2, 0) is 6.18 Å². The SMILES string of the molecule is O=C(NCC(O)COc1cccc(C(F)(F)F)c1)c1cccc(I)c1. The summed E-state index contributed by atoms with van der Waals surface area (Å²) < 4.78 is 43.9. The minimum absolute atomic E-state index is 0.00202. The highest BCUT2D eigenvalue weighted by atomic mass is 127. The van der Waals surface area contributed by atoms with E-state index in [0.29, 0.717) is 5.56 Å². The molecule has 1 amide bonds. The Morgan fingerprint density at radius 1 is 1.20 bits per heavy atom. The number of hydrogen-bond acceptors (Lipinski definition) is 3. The molecular formula is C17H15F3INO3. The number of nitrogens with one attached hydrogen (secondary N) is 1. The van der Waals surface area contributed by atoms with Gasteiger partial charge in [-0.25, -0.2) is 0 Å². The van der Waals surface area contributed by atoms with E-state index in [1.165, 1.54) is 12.1 Å². The predicted molar refractivity (Wildman–Crippen MR) is 94.4 cm³/mol. The summed E-state index contributed by atoms with van der Waals surface area (Å²) in [6.45, 7) is -0.322. The Morgan fingerprint density at radius 2 is 1.92 bits per heavy atom. The van der Waals surface area contributed by atoms with E-state index in [2.05, 4.69) is 27.9 Å². The lowest BCUT2D eigenvalue weighted by Gasteiger charge is -2.14. The molecule has 0 aliphatic carbocycles. The number of aliphatic hydroxyl groups is 1. The molecule has 0 heterocycles. The molecule has 0 aliphatic heterocycles. The van der Waals surface area contributed by atoms with Crippen molar-refractivity contribution in [3.05, 3.63) is 63.2 Å². The second-order valence-corrected chi connectivity index (χ2v) is 6.46. The number of rotatable bonds is 6. The largest absolute Gasteiger partial charge is 0.491 e. The highest BCUT2D eigenvalue weighted by Crippen LogP contribution is 2.31. The van der Waals surface area contributed by atoms with Crippen molar-refractivity contribution in [2.24, 2.45) is 0 Å². The van der Waals surface area contributed by atoms with Gasteiger partial charge in [0, 0.05) is 15.7 Å². The standard InChI is InChI=1S/C17H15F3INO3/c18-17(19,20)12-4-2-6-15(8-12)25-10-14(23)9-22-16(24)11-3-1-5-13(21)7-11/h1-8,14,23H,9-10H2,(H,22,24). The van der Waals surface area contributed by atoms with Crippen LogP contribution in [-0.4, -0.2) is 30.3 Å². The van der Waals surface area contributed by atoms with Crippen molar-refractivity contribution >= 4 is 28.5 Å². The molecule has 1 atom stereocenters. The molecule has 0 aromatic heterocycles. The number of hydrogen-bond donors (Lipinski definition) is 2. The van der Waals surface area contributed by atoms with Gasteiger partial charge in [-0.15, -0.1) is 0 Å². The number of amides is 1. The van der Waals surface area contributed by atoms with Gasteiger partial charge in [0.25, 0.3) is 5.91 Å². The number of carbonyl (C=O) groups excluding carboxylic acids is 1. The zero-order chi connectivity index (χ0) is 18.4. The van der Waals surface area contributed by atoms with Crippen LogP contribution in [0.1, 0.15) is 15.9 Å². The fourth-order valence-corrected chi connectivity index (χ4v) is 2.50. The van der Waals surface area contributed by atoms with Gasteiger partial charge in [0.2, 0.25) is 0 Å². The lowest BCUT2D eigenvalue weighted by molar-refractivity contribution is -0.137. The molecule has 0 radical (unpaired) electrons. The molecule has 1 unspecified atom stereocenters. The van der Waals surface area contributed by atoms with Gasteiger partial charge < -0.3 is 15.2 Å². The van der Waals surface area contributed by atoms with Crippen molar-refractivity contribution < 1.29 is 27.8 Å². The highest BCUT2D eigenvalue weighted by Gasteiger charge is 2.30. The Hall–Kier alpha value is -1.81. The van der Waals surface area contributed by atoms with Gasteiger partial charge in [-0.1, -0.05) is 12.1 Å². The van der Waals surface area contributed by atoms with Crippen molar-refractivity contribution in [1.82, 2.24) is 5.32 Å². The van der Waals surface area contributed by atoms with Crippen molar-refractivity contribution in [1.29, 1.82) is 0 Å². The molecule has 0 spiro atoms. The van der Waals surface area contributed by atoms with Crippen LogP contribution in [0.3, 0.4) is 0 Å². The molecule has 4 nitrogen and oxygen atoms in total. The smallest absolute Gasteiger partial charge is 0.416 e. The zero-order valence-electron chi connectivity index (χ0n) is 12.9. The highest BCUT2D eigenvalue weighted by molar-refractivity contribution is 14.1. The maximum absolute atomic E-state index is 12.6. The van der Waals surface area contributed by atoms with Crippen molar-refractivity contribution in [2.45, 2.75) is 12.3 Å². The van der Waals surface area contributed by atoms with Gasteiger partial charge >= 0.3 is 6.18 Å². The summed E-state index contributed by atoms with van der Waals surface area (Å²) >= 11 is 2.08. The fourth-order valence-electron chi connectivity index (χ4n) is 1.96. The third-order valence-electron chi connectivity index (χ3n) is 3.19. The Bertz CT molecular complexity index is 737. The maximum atomic E-state index is 12.6. The van der Waals surface area contributed by atoms with Crippen LogP contribution in [0.2, 0.25) is 0 Å². The van der Waals surface area contributed by atoms with E-state index in [0.717, 1.165) is 15.7 Å². The summed E-state index contributed by atoms with van der Waals surface area (Å²) in [6, 6.07) is 11.3. The second kappa shape index (κ2) is 8.52. The van der Waals surface area contributed by atoms with Gasteiger partial charge in [-0.2, -0.15) is 13.2 Å². The Kier molecular flexibility index (Phi) is 6.65. The van der Waals surface area contributed by atoms with Crippen molar-refractivity contribution in [2.75, 3.05) is 13.2 Å². The lowest BCUT2D eigenvalue weighted by atomic mass is 10.2. The number of halogens is 4. The lowest BCUT2D eigenvalue weighted by Crippen LogP contribution is -2.35. The third kappa shape index (κ3) is 6.20. The molecule has 0 saturated heterocycles. The Morgan fingerprint density at radius 3 is 2.60 bits per heavy atom. The van der Waals surface area contributed by atoms with E-state index in [-0.39, 0.29) is 24.8 Å². The molecule has 25 heavy (non-hydrogen) atoms. The van der Waals surface area contributed by atoms with Gasteiger partial charge in [-0.05, 0) is 59.0 Å². The Balaban J connectivity index is 1.83. The first-order chi connectivity index (χ1) is 11.8. The first kappa shape index (κ1) is 19.5. The number of ether oxygens (including phenoxy) is 1. The van der Waals surface area contributed by atoms with E-state index in [1.807, 2.05) is 6.07 Å². The molecule has 0 saturated carbocycles. The average molecular weight is 465 g/mol. The maximum Gasteiger partial charge on any atom is 0.416 e. The monoisotopic (exact) mass is 465 g/mol. The third-order valence-corrected chi connectivity index (χ3v) is 3.86. The number of carbonyl (C=O) groups is 1. The van der Waals surface area contributed by atoms with Crippen LogP contribution < -0.4 is 10.1 Å². The molecule has 2 rings (SSSR count). The summed E-state index contributed by atoms with van der Waals surface area (Å²) in [5.41, 5.74) is -0.371. The van der Waals surface area contributed by atoms with Crippen LogP contribution in [0.15, 0.2) is 48.5 Å². The van der Waals surface area contributed by atoms with Crippen LogP contribution in [0.5, 0.6) is 5.75 Å². The summed E-state index contributed by atoms with van der Waals surface area (Å²) in [5.74, 6) is -0.352. The molecule has 0 fully saturated rings. The normalized spacial score (nSPS) is 12.5.